The molecule has 0 aromatic heterocycles. The predicted molar refractivity (Wildman–Crippen MR) is 78.5 cm³/mol. The number of benzene rings is 2. The second-order valence-corrected chi connectivity index (χ2v) is 5.52. The highest BCUT2D eigenvalue weighted by molar-refractivity contribution is 7.98. The molecule has 0 heterocycles. The summed E-state index contributed by atoms with van der Waals surface area (Å²) in [6.07, 6.45) is 0. The quantitative estimate of drug-likeness (QED) is 0.396. The number of nitrogens with zero attached hydrogens (tertiary/aromatic N) is 1. The van der Waals surface area contributed by atoms with Gasteiger partial charge in [0.15, 0.2) is 0 Å². The van der Waals surface area contributed by atoms with Gasteiger partial charge in [0.25, 0.3) is 5.69 Å². The highest BCUT2D eigenvalue weighted by Crippen LogP contribution is 2.31. The number of hydrogen-bond donors (Lipinski definition) is 1. The Morgan fingerprint density at radius 3 is 2.70 bits per heavy atom. The summed E-state index contributed by atoms with van der Waals surface area (Å²) >= 11 is 7.01. The molecule has 0 saturated carbocycles. The minimum Gasteiger partial charge on any atom is -0.399 e. The molecule has 0 aliphatic heterocycles. The average Bonchev–Trinajstić information content (AvgIpc) is 2.36. The third-order valence-electron chi connectivity index (χ3n) is 2.53. The Kier molecular flexibility index (Phi) is 4.46. The van der Waals surface area contributed by atoms with Crippen LogP contribution in [0.2, 0.25) is 5.02 Å². The molecule has 7 heteroatoms. The summed E-state index contributed by atoms with van der Waals surface area (Å²) in [6.45, 7) is 0. The van der Waals surface area contributed by atoms with Gasteiger partial charge in [-0.1, -0.05) is 11.6 Å². The van der Waals surface area contributed by atoms with Gasteiger partial charge < -0.3 is 5.73 Å². The summed E-state index contributed by atoms with van der Waals surface area (Å²) in [7, 11) is 0. The normalized spacial score (nSPS) is 10.5. The van der Waals surface area contributed by atoms with E-state index in [1.807, 2.05) is 0 Å². The second-order valence-electron chi connectivity index (χ2n) is 4.04. The maximum atomic E-state index is 13.2. The van der Waals surface area contributed by atoms with Gasteiger partial charge in [0.05, 0.1) is 4.92 Å². The molecule has 0 amide bonds. The SMILES string of the molecule is Nc1cc(F)cc(SCc2ccc(Cl)cc2[N+](=O)[O-])c1. The van der Waals surface area contributed by atoms with Crippen LogP contribution in [0.5, 0.6) is 0 Å². The molecule has 0 spiro atoms. The highest BCUT2D eigenvalue weighted by Gasteiger charge is 2.14. The summed E-state index contributed by atoms with van der Waals surface area (Å²) < 4.78 is 13.2. The van der Waals surface area contributed by atoms with Gasteiger partial charge in [-0.25, -0.2) is 4.39 Å². The van der Waals surface area contributed by atoms with Gasteiger partial charge in [-0.3, -0.25) is 10.1 Å². The molecule has 2 rings (SSSR count). The second kappa shape index (κ2) is 6.11. The van der Waals surface area contributed by atoms with Gasteiger partial charge in [0.2, 0.25) is 0 Å². The number of nitro groups is 1. The number of halogens is 2. The smallest absolute Gasteiger partial charge is 0.274 e. The van der Waals surface area contributed by atoms with Gasteiger partial charge >= 0.3 is 0 Å². The number of anilines is 1. The Balaban J connectivity index is 2.20. The highest BCUT2D eigenvalue weighted by atomic mass is 35.5. The molecule has 20 heavy (non-hydrogen) atoms. The van der Waals surface area contributed by atoms with Crippen LogP contribution in [0.4, 0.5) is 15.8 Å². The van der Waals surface area contributed by atoms with Crippen LogP contribution in [0.25, 0.3) is 0 Å². The topological polar surface area (TPSA) is 69.2 Å². The zero-order valence-corrected chi connectivity index (χ0v) is 11.7. The Hall–Kier alpha value is -1.79. The van der Waals surface area contributed by atoms with Crippen LogP contribution in [0.1, 0.15) is 5.56 Å². The van der Waals surface area contributed by atoms with E-state index in [1.165, 1.54) is 30.0 Å². The molecule has 104 valence electrons. The van der Waals surface area contributed by atoms with E-state index in [0.717, 1.165) is 0 Å². The third kappa shape index (κ3) is 3.61. The summed E-state index contributed by atoms with van der Waals surface area (Å²) in [5.74, 6) is -0.103. The maximum absolute atomic E-state index is 13.2. The van der Waals surface area contributed by atoms with Crippen LogP contribution >= 0.6 is 23.4 Å². The first-order chi connectivity index (χ1) is 9.45. The van der Waals surface area contributed by atoms with Crippen LogP contribution in [-0.4, -0.2) is 4.92 Å². The van der Waals surface area contributed by atoms with E-state index in [4.69, 9.17) is 17.3 Å². The fourth-order valence-electron chi connectivity index (χ4n) is 1.66. The monoisotopic (exact) mass is 312 g/mol. The zero-order valence-electron chi connectivity index (χ0n) is 10.2. The van der Waals surface area contributed by atoms with Gasteiger partial charge in [-0.2, -0.15) is 0 Å². The lowest BCUT2D eigenvalue weighted by atomic mass is 10.2. The molecule has 0 saturated heterocycles. The first-order valence-corrected chi connectivity index (χ1v) is 6.94. The number of nitrogens with two attached hydrogens (primary N) is 1. The Labute approximate surface area is 123 Å². The molecular weight excluding hydrogens is 303 g/mol. The predicted octanol–water partition coefficient (Wildman–Crippen LogP) is 4.26. The lowest BCUT2D eigenvalue weighted by Crippen LogP contribution is -1.94. The van der Waals surface area contributed by atoms with Crippen molar-refractivity contribution in [2.45, 2.75) is 10.6 Å². The summed E-state index contributed by atoms with van der Waals surface area (Å²) in [5, 5.41) is 11.3. The Bertz CT molecular complexity index is 647. The van der Waals surface area contributed by atoms with E-state index in [0.29, 0.717) is 26.9 Å². The van der Waals surface area contributed by atoms with E-state index in [2.05, 4.69) is 0 Å². The van der Waals surface area contributed by atoms with E-state index < -0.39 is 10.7 Å². The standard InChI is InChI=1S/C13H10ClFN2O2S/c14-9-2-1-8(13(3-9)17(18)19)7-20-12-5-10(15)4-11(16)6-12/h1-6H,7,16H2. The number of rotatable bonds is 4. The van der Waals surface area contributed by atoms with Gasteiger partial charge in [0, 0.05) is 33.0 Å². The molecule has 0 aliphatic rings. The molecular formula is C13H10ClFN2O2S. The molecule has 2 aromatic carbocycles. The number of hydrogen-bond acceptors (Lipinski definition) is 4. The number of thioether (sulfide) groups is 1. The zero-order chi connectivity index (χ0) is 14.7. The first kappa shape index (κ1) is 14.6. The lowest BCUT2D eigenvalue weighted by molar-refractivity contribution is -0.385. The van der Waals surface area contributed by atoms with Crippen LogP contribution in [-0.2, 0) is 5.75 Å². The fraction of sp³-hybridized carbons (Fsp3) is 0.0769. The largest absolute Gasteiger partial charge is 0.399 e. The van der Waals surface area contributed by atoms with Crippen molar-refractivity contribution in [2.24, 2.45) is 0 Å². The average molecular weight is 313 g/mol. The molecule has 0 bridgehead atoms. The molecule has 4 nitrogen and oxygen atoms in total. The van der Waals surface area contributed by atoms with Crippen molar-refractivity contribution in [3.8, 4) is 0 Å². The maximum Gasteiger partial charge on any atom is 0.274 e. The van der Waals surface area contributed by atoms with Gasteiger partial charge in [0.1, 0.15) is 5.82 Å². The molecule has 2 aromatic rings. The fourth-order valence-corrected chi connectivity index (χ4v) is 2.81. The lowest BCUT2D eigenvalue weighted by Gasteiger charge is -2.05. The van der Waals surface area contributed by atoms with E-state index >= 15 is 0 Å². The molecule has 0 radical (unpaired) electrons. The van der Waals surface area contributed by atoms with Gasteiger partial charge in [-0.15, -0.1) is 11.8 Å². The molecule has 0 unspecified atom stereocenters. The third-order valence-corrected chi connectivity index (χ3v) is 3.79. The van der Waals surface area contributed by atoms with Crippen LogP contribution in [0, 0.1) is 15.9 Å². The Morgan fingerprint density at radius 2 is 2.05 bits per heavy atom. The van der Waals surface area contributed by atoms with Crippen LogP contribution < -0.4 is 5.73 Å². The summed E-state index contributed by atoms with van der Waals surface area (Å²) in [4.78, 5) is 11.1. The Morgan fingerprint density at radius 1 is 1.30 bits per heavy atom. The van der Waals surface area contributed by atoms with Crippen molar-refractivity contribution in [3.05, 3.63) is 62.9 Å². The van der Waals surface area contributed by atoms with Gasteiger partial charge in [-0.05, 0) is 30.3 Å². The molecule has 0 aliphatic carbocycles. The van der Waals surface area contributed by atoms with E-state index in [-0.39, 0.29) is 5.69 Å². The van der Waals surface area contributed by atoms with Crippen molar-refractivity contribution in [2.75, 3.05) is 5.73 Å². The van der Waals surface area contributed by atoms with Crippen molar-refractivity contribution in [3.63, 3.8) is 0 Å². The first-order valence-electron chi connectivity index (χ1n) is 5.57. The van der Waals surface area contributed by atoms with Crippen molar-refractivity contribution < 1.29 is 9.31 Å². The minimum atomic E-state index is -0.484. The van der Waals surface area contributed by atoms with Crippen LogP contribution in [0.3, 0.4) is 0 Å². The van der Waals surface area contributed by atoms with E-state index in [9.17, 15) is 14.5 Å². The molecule has 2 N–H and O–H groups in total. The number of nitro benzene ring substituents is 1. The summed E-state index contributed by atoms with van der Waals surface area (Å²) in [6, 6.07) is 8.66. The van der Waals surface area contributed by atoms with E-state index in [1.54, 1.807) is 18.2 Å². The molecule has 0 fully saturated rings. The molecule has 0 atom stereocenters. The summed E-state index contributed by atoms with van der Waals surface area (Å²) in [5.41, 5.74) is 6.34. The van der Waals surface area contributed by atoms with Crippen molar-refractivity contribution in [1.82, 2.24) is 0 Å². The van der Waals surface area contributed by atoms with Crippen molar-refractivity contribution in [1.29, 1.82) is 0 Å². The van der Waals surface area contributed by atoms with Crippen molar-refractivity contribution >= 4 is 34.7 Å². The van der Waals surface area contributed by atoms with Crippen LogP contribution in [0.15, 0.2) is 41.3 Å². The minimum absolute atomic E-state index is 0.0469. The number of nitrogen functional groups attached to an aromatic ring is 1.